The van der Waals surface area contributed by atoms with E-state index in [1.54, 1.807) is 19.2 Å². The minimum Gasteiger partial charge on any atom is -0.496 e. The summed E-state index contributed by atoms with van der Waals surface area (Å²) < 4.78 is 19.0. The molecule has 0 saturated heterocycles. The maximum Gasteiger partial charge on any atom is 0.123 e. The van der Waals surface area contributed by atoms with Crippen molar-refractivity contribution in [2.45, 2.75) is 39.2 Å². The Bertz CT molecular complexity index is 421. The van der Waals surface area contributed by atoms with Gasteiger partial charge in [0.25, 0.3) is 0 Å². The largest absolute Gasteiger partial charge is 0.496 e. The first-order valence-electron chi connectivity index (χ1n) is 7.22. The fourth-order valence-corrected chi connectivity index (χ4v) is 3.25. The van der Waals surface area contributed by atoms with Crippen LogP contribution in [-0.2, 0) is 0 Å². The molecule has 1 aromatic rings. The topological polar surface area (TPSA) is 21.3 Å². The highest BCUT2D eigenvalue weighted by Crippen LogP contribution is 2.41. The molecule has 0 radical (unpaired) electrons. The smallest absolute Gasteiger partial charge is 0.123 e. The van der Waals surface area contributed by atoms with Crippen LogP contribution in [0.5, 0.6) is 5.75 Å². The maximum atomic E-state index is 13.6. The molecule has 3 unspecified atom stereocenters. The van der Waals surface area contributed by atoms with Crippen molar-refractivity contribution in [3.05, 3.63) is 29.6 Å². The highest BCUT2D eigenvalue weighted by atomic mass is 19.1. The average molecular weight is 265 g/mol. The van der Waals surface area contributed by atoms with E-state index in [4.69, 9.17) is 4.74 Å². The second-order valence-electron chi connectivity index (χ2n) is 5.60. The lowest BCUT2D eigenvalue weighted by atomic mass is 9.90. The third-order valence-electron chi connectivity index (χ3n) is 4.16. The molecule has 0 bridgehead atoms. The molecule has 3 heteroatoms. The number of nitrogens with one attached hydrogen (secondary N) is 1. The molecule has 2 nitrogen and oxygen atoms in total. The predicted octanol–water partition coefficient (Wildman–Crippen LogP) is 3.92. The number of hydrogen-bond acceptors (Lipinski definition) is 2. The number of methoxy groups -OCH3 is 1. The van der Waals surface area contributed by atoms with E-state index in [-0.39, 0.29) is 11.9 Å². The van der Waals surface area contributed by atoms with Gasteiger partial charge in [0.2, 0.25) is 0 Å². The lowest BCUT2D eigenvalue weighted by Gasteiger charge is -2.26. The zero-order chi connectivity index (χ0) is 13.8. The fourth-order valence-electron chi connectivity index (χ4n) is 3.25. The standard InChI is InChI=1S/C16H24FNO/c1-4-18-16(12-6-5-11(2)9-12)14-10-13(17)7-8-15(14)19-3/h7-8,10-12,16,18H,4-6,9H2,1-3H3. The molecule has 1 aliphatic rings. The van der Waals surface area contributed by atoms with Crippen LogP contribution in [0.4, 0.5) is 4.39 Å². The van der Waals surface area contributed by atoms with E-state index in [0.29, 0.717) is 5.92 Å². The minimum atomic E-state index is -0.190. The van der Waals surface area contributed by atoms with Gasteiger partial charge in [0.15, 0.2) is 0 Å². The van der Waals surface area contributed by atoms with Gasteiger partial charge in [0.05, 0.1) is 7.11 Å². The summed E-state index contributed by atoms with van der Waals surface area (Å²) in [7, 11) is 1.65. The molecular formula is C16H24FNO. The van der Waals surface area contributed by atoms with Crippen LogP contribution in [0.3, 0.4) is 0 Å². The van der Waals surface area contributed by atoms with Gasteiger partial charge in [-0.25, -0.2) is 4.39 Å². The van der Waals surface area contributed by atoms with E-state index in [0.717, 1.165) is 23.8 Å². The summed E-state index contributed by atoms with van der Waals surface area (Å²) in [6.45, 7) is 5.28. The van der Waals surface area contributed by atoms with E-state index in [2.05, 4.69) is 19.2 Å². The monoisotopic (exact) mass is 265 g/mol. The molecule has 1 aliphatic carbocycles. The molecule has 3 atom stereocenters. The Morgan fingerprint density at radius 2 is 2.21 bits per heavy atom. The molecule has 0 spiro atoms. The van der Waals surface area contributed by atoms with Gasteiger partial charge >= 0.3 is 0 Å². The summed E-state index contributed by atoms with van der Waals surface area (Å²) in [5.41, 5.74) is 0.962. The Labute approximate surface area is 115 Å². The van der Waals surface area contributed by atoms with Gasteiger partial charge in [0.1, 0.15) is 11.6 Å². The molecule has 0 aromatic heterocycles. The molecule has 106 valence electrons. The SMILES string of the molecule is CCNC(c1cc(F)ccc1OC)C1CCC(C)C1. The molecule has 1 N–H and O–H groups in total. The van der Waals surface area contributed by atoms with Crippen molar-refractivity contribution in [2.24, 2.45) is 11.8 Å². The average Bonchev–Trinajstić information content (AvgIpc) is 2.82. The third-order valence-corrected chi connectivity index (χ3v) is 4.16. The van der Waals surface area contributed by atoms with Gasteiger partial charge in [-0.15, -0.1) is 0 Å². The van der Waals surface area contributed by atoms with Gasteiger partial charge in [0, 0.05) is 11.6 Å². The van der Waals surface area contributed by atoms with Crippen molar-refractivity contribution in [1.29, 1.82) is 0 Å². The molecule has 0 aliphatic heterocycles. The number of ether oxygens (including phenoxy) is 1. The van der Waals surface area contributed by atoms with Crippen molar-refractivity contribution in [3.8, 4) is 5.75 Å². The van der Waals surface area contributed by atoms with Crippen molar-refractivity contribution < 1.29 is 9.13 Å². The van der Waals surface area contributed by atoms with Crippen LogP contribution < -0.4 is 10.1 Å². The fraction of sp³-hybridized carbons (Fsp3) is 0.625. The molecule has 1 saturated carbocycles. The Hall–Kier alpha value is -1.09. The third kappa shape index (κ3) is 3.27. The van der Waals surface area contributed by atoms with Crippen LogP contribution in [0.2, 0.25) is 0 Å². The Morgan fingerprint density at radius 3 is 2.79 bits per heavy atom. The van der Waals surface area contributed by atoms with Gasteiger partial charge in [-0.1, -0.05) is 20.3 Å². The number of benzene rings is 1. The number of halogens is 1. The van der Waals surface area contributed by atoms with Crippen LogP contribution in [0.1, 0.15) is 44.7 Å². The first-order valence-corrected chi connectivity index (χ1v) is 7.22. The summed E-state index contributed by atoms with van der Waals surface area (Å²) >= 11 is 0. The quantitative estimate of drug-likeness (QED) is 0.871. The van der Waals surface area contributed by atoms with Gasteiger partial charge in [-0.05, 0) is 49.4 Å². The van der Waals surface area contributed by atoms with Crippen molar-refractivity contribution in [1.82, 2.24) is 5.32 Å². The molecule has 0 heterocycles. The predicted molar refractivity (Wildman–Crippen MR) is 75.9 cm³/mol. The van der Waals surface area contributed by atoms with Crippen molar-refractivity contribution in [3.63, 3.8) is 0 Å². The molecular weight excluding hydrogens is 241 g/mol. The minimum absolute atomic E-state index is 0.190. The zero-order valence-corrected chi connectivity index (χ0v) is 12.1. The number of hydrogen-bond donors (Lipinski definition) is 1. The lowest BCUT2D eigenvalue weighted by molar-refractivity contribution is 0.342. The van der Waals surface area contributed by atoms with Crippen LogP contribution in [0, 0.1) is 17.7 Å². The van der Waals surface area contributed by atoms with Crippen LogP contribution in [-0.4, -0.2) is 13.7 Å². The first-order chi connectivity index (χ1) is 9.15. The van der Waals surface area contributed by atoms with Gasteiger partial charge in [-0.2, -0.15) is 0 Å². The first kappa shape index (κ1) is 14.3. The van der Waals surface area contributed by atoms with Crippen LogP contribution >= 0.6 is 0 Å². The molecule has 19 heavy (non-hydrogen) atoms. The summed E-state index contributed by atoms with van der Waals surface area (Å²) in [6.07, 6.45) is 3.68. The summed E-state index contributed by atoms with van der Waals surface area (Å²) in [5.74, 6) is 1.94. The maximum absolute atomic E-state index is 13.6. The zero-order valence-electron chi connectivity index (χ0n) is 12.1. The molecule has 0 amide bonds. The van der Waals surface area contributed by atoms with Crippen molar-refractivity contribution in [2.75, 3.05) is 13.7 Å². The van der Waals surface area contributed by atoms with E-state index in [1.165, 1.54) is 25.3 Å². The van der Waals surface area contributed by atoms with E-state index < -0.39 is 0 Å². The Balaban J connectivity index is 2.30. The number of rotatable bonds is 5. The van der Waals surface area contributed by atoms with E-state index in [9.17, 15) is 4.39 Å². The molecule has 1 aromatic carbocycles. The second kappa shape index (κ2) is 6.38. The van der Waals surface area contributed by atoms with E-state index in [1.807, 2.05) is 0 Å². The van der Waals surface area contributed by atoms with Crippen LogP contribution in [0.25, 0.3) is 0 Å². The Morgan fingerprint density at radius 1 is 1.42 bits per heavy atom. The van der Waals surface area contributed by atoms with Crippen molar-refractivity contribution >= 4 is 0 Å². The second-order valence-corrected chi connectivity index (χ2v) is 5.60. The highest BCUT2D eigenvalue weighted by molar-refractivity contribution is 5.37. The van der Waals surface area contributed by atoms with Crippen LogP contribution in [0.15, 0.2) is 18.2 Å². The molecule has 2 rings (SSSR count). The normalized spacial score (nSPS) is 24.4. The van der Waals surface area contributed by atoms with E-state index >= 15 is 0 Å². The highest BCUT2D eigenvalue weighted by Gasteiger charge is 2.31. The lowest BCUT2D eigenvalue weighted by Crippen LogP contribution is -2.27. The molecule has 1 fully saturated rings. The Kier molecular flexibility index (Phi) is 4.81. The summed E-state index contributed by atoms with van der Waals surface area (Å²) in [4.78, 5) is 0. The summed E-state index contributed by atoms with van der Waals surface area (Å²) in [6, 6.07) is 5.01. The van der Waals surface area contributed by atoms with Gasteiger partial charge in [-0.3, -0.25) is 0 Å². The van der Waals surface area contributed by atoms with Gasteiger partial charge < -0.3 is 10.1 Å². The summed E-state index contributed by atoms with van der Waals surface area (Å²) in [5, 5.41) is 3.52.